The van der Waals surface area contributed by atoms with E-state index in [-0.39, 0.29) is 11.3 Å². The fourth-order valence-corrected chi connectivity index (χ4v) is 1.71. The molecule has 0 N–H and O–H groups in total. The van der Waals surface area contributed by atoms with E-state index in [1.54, 1.807) is 0 Å². The molecule has 0 saturated carbocycles. The van der Waals surface area contributed by atoms with Crippen LogP contribution in [0.2, 0.25) is 0 Å². The molecule has 0 saturated heterocycles. The number of nitrogens with zero attached hydrogens (tertiary/aromatic N) is 2. The van der Waals surface area contributed by atoms with Gasteiger partial charge in [0.15, 0.2) is 0 Å². The number of ether oxygens (including phenoxy) is 1. The molecule has 2 rings (SSSR count). The van der Waals surface area contributed by atoms with Crippen molar-refractivity contribution >= 4 is 17.3 Å². The normalized spacial score (nSPS) is 9.70. The predicted molar refractivity (Wildman–Crippen MR) is 79.1 cm³/mol. The van der Waals surface area contributed by atoms with Crippen LogP contribution in [0.4, 0.5) is 11.4 Å². The second kappa shape index (κ2) is 6.36. The van der Waals surface area contributed by atoms with Gasteiger partial charge in [-0.25, -0.2) is 4.79 Å². The van der Waals surface area contributed by atoms with Gasteiger partial charge in [0.1, 0.15) is 0 Å². The molecule has 8 heteroatoms. The fourth-order valence-electron chi connectivity index (χ4n) is 1.71. The van der Waals surface area contributed by atoms with E-state index in [2.05, 4.69) is 5.92 Å². The molecule has 8 nitrogen and oxygen atoms in total. The fraction of sp³-hybridized carbons (Fsp3) is 0. The van der Waals surface area contributed by atoms with Crippen LogP contribution in [-0.2, 0) is 0 Å². The number of benzene rings is 2. The molecule has 0 aliphatic rings. The minimum absolute atomic E-state index is 0.136. The van der Waals surface area contributed by atoms with Crippen LogP contribution in [0.3, 0.4) is 0 Å². The Bertz CT molecular complexity index is 836. The topological polar surface area (TPSA) is 113 Å². The monoisotopic (exact) mass is 312 g/mol. The number of nitro groups is 2. The van der Waals surface area contributed by atoms with Crippen LogP contribution in [0.5, 0.6) is 5.75 Å². The van der Waals surface area contributed by atoms with E-state index >= 15 is 0 Å². The number of terminal acetylenes is 1. The average molecular weight is 312 g/mol. The molecule has 0 bridgehead atoms. The number of hydrogen-bond acceptors (Lipinski definition) is 6. The third-order valence-corrected chi connectivity index (χ3v) is 2.84. The number of rotatable bonds is 4. The molecule has 0 radical (unpaired) electrons. The summed E-state index contributed by atoms with van der Waals surface area (Å²) in [6.07, 6.45) is 5.20. The lowest BCUT2D eigenvalue weighted by Crippen LogP contribution is -2.10. The van der Waals surface area contributed by atoms with Crippen LogP contribution in [-0.4, -0.2) is 15.8 Å². The maximum Gasteiger partial charge on any atom is 0.343 e. The molecule has 2 aromatic rings. The molecule has 2 aromatic carbocycles. The third-order valence-electron chi connectivity index (χ3n) is 2.84. The van der Waals surface area contributed by atoms with Gasteiger partial charge < -0.3 is 4.74 Å². The first-order valence-corrected chi connectivity index (χ1v) is 6.14. The summed E-state index contributed by atoms with van der Waals surface area (Å²) in [5.74, 6) is 1.15. The quantitative estimate of drug-likeness (QED) is 0.282. The SMILES string of the molecule is C#Cc1ccc(C(=O)Oc2ccc([N+](=O)[O-])cc2[N+](=O)[O-])cc1. The highest BCUT2D eigenvalue weighted by molar-refractivity contribution is 5.91. The van der Waals surface area contributed by atoms with E-state index in [0.717, 1.165) is 18.2 Å². The standard InChI is InChI=1S/C15H8N2O6/c1-2-10-3-5-11(6-4-10)15(18)23-14-8-7-12(16(19)20)9-13(14)17(21)22/h1,3-9H. The van der Waals surface area contributed by atoms with Crippen LogP contribution in [0.1, 0.15) is 15.9 Å². The Morgan fingerprint density at radius 1 is 1.04 bits per heavy atom. The Hall–Kier alpha value is -3.73. The van der Waals surface area contributed by atoms with Gasteiger partial charge in [-0.05, 0) is 30.3 Å². The molecule has 0 heterocycles. The van der Waals surface area contributed by atoms with Gasteiger partial charge in [0, 0.05) is 11.6 Å². The highest BCUT2D eigenvalue weighted by Gasteiger charge is 2.23. The molecule has 0 amide bonds. The van der Waals surface area contributed by atoms with Gasteiger partial charge in [-0.2, -0.15) is 0 Å². The molecule has 0 aliphatic heterocycles. The Kier molecular flexibility index (Phi) is 4.33. The summed E-state index contributed by atoms with van der Waals surface area (Å²) in [5.41, 5.74) is -0.456. The first kappa shape index (κ1) is 15.7. The largest absolute Gasteiger partial charge is 0.416 e. The highest BCUT2D eigenvalue weighted by Crippen LogP contribution is 2.31. The van der Waals surface area contributed by atoms with Crippen LogP contribution in [0.25, 0.3) is 0 Å². The van der Waals surface area contributed by atoms with Crippen LogP contribution in [0, 0.1) is 32.6 Å². The molecule has 0 atom stereocenters. The summed E-state index contributed by atoms with van der Waals surface area (Å²) in [6.45, 7) is 0. The third kappa shape index (κ3) is 3.48. The number of hydrogen-bond donors (Lipinski definition) is 0. The second-order valence-electron chi connectivity index (χ2n) is 4.28. The summed E-state index contributed by atoms with van der Waals surface area (Å²) in [5, 5.41) is 21.6. The smallest absolute Gasteiger partial charge is 0.343 e. The molecule has 23 heavy (non-hydrogen) atoms. The first-order valence-electron chi connectivity index (χ1n) is 6.14. The van der Waals surface area contributed by atoms with E-state index in [0.29, 0.717) is 5.56 Å². The second-order valence-corrected chi connectivity index (χ2v) is 4.28. The summed E-state index contributed by atoms with van der Waals surface area (Å²) in [4.78, 5) is 32.0. The van der Waals surface area contributed by atoms with E-state index in [1.807, 2.05) is 0 Å². The number of non-ortho nitro benzene ring substituents is 1. The van der Waals surface area contributed by atoms with Gasteiger partial charge in [0.05, 0.1) is 21.5 Å². The molecule has 114 valence electrons. The van der Waals surface area contributed by atoms with Crippen molar-refractivity contribution in [3.63, 3.8) is 0 Å². The van der Waals surface area contributed by atoms with Crippen molar-refractivity contribution in [1.29, 1.82) is 0 Å². The number of nitro benzene ring substituents is 2. The maximum atomic E-state index is 12.0. The van der Waals surface area contributed by atoms with Crippen molar-refractivity contribution in [2.45, 2.75) is 0 Å². The van der Waals surface area contributed by atoms with Gasteiger partial charge in [0.2, 0.25) is 5.75 Å². The highest BCUT2D eigenvalue weighted by atomic mass is 16.6. The average Bonchev–Trinajstić information content (AvgIpc) is 2.54. The summed E-state index contributed by atoms with van der Waals surface area (Å²) in [6, 6.07) is 8.59. The zero-order valence-corrected chi connectivity index (χ0v) is 11.5. The molecular formula is C15H8N2O6. The summed E-state index contributed by atoms with van der Waals surface area (Å²) in [7, 11) is 0. The number of carbonyl (C=O) groups is 1. The lowest BCUT2D eigenvalue weighted by molar-refractivity contribution is -0.394. The van der Waals surface area contributed by atoms with E-state index < -0.39 is 27.2 Å². The van der Waals surface area contributed by atoms with Gasteiger partial charge in [-0.15, -0.1) is 6.42 Å². The number of carbonyl (C=O) groups excluding carboxylic acids is 1. The molecule has 0 fully saturated rings. The lowest BCUT2D eigenvalue weighted by atomic mass is 10.1. The number of esters is 1. The van der Waals surface area contributed by atoms with Crippen molar-refractivity contribution in [1.82, 2.24) is 0 Å². The lowest BCUT2D eigenvalue weighted by Gasteiger charge is -2.05. The minimum atomic E-state index is -0.864. The zero-order chi connectivity index (χ0) is 17.0. The minimum Gasteiger partial charge on any atom is -0.416 e. The molecular weight excluding hydrogens is 304 g/mol. The van der Waals surface area contributed by atoms with Crippen LogP contribution >= 0.6 is 0 Å². The van der Waals surface area contributed by atoms with E-state index in [9.17, 15) is 25.0 Å². The molecule has 0 aliphatic carbocycles. The first-order chi connectivity index (χ1) is 10.9. The predicted octanol–water partition coefficient (Wildman–Crippen LogP) is 2.70. The van der Waals surface area contributed by atoms with Gasteiger partial charge in [0.25, 0.3) is 5.69 Å². The van der Waals surface area contributed by atoms with E-state index in [4.69, 9.17) is 11.2 Å². The van der Waals surface area contributed by atoms with Crippen molar-refractivity contribution in [2.75, 3.05) is 0 Å². The molecule has 0 unspecified atom stereocenters. The molecule has 0 aromatic heterocycles. The van der Waals surface area contributed by atoms with Gasteiger partial charge in [-0.1, -0.05) is 5.92 Å². The Morgan fingerprint density at radius 2 is 1.70 bits per heavy atom. The van der Waals surface area contributed by atoms with Crippen LogP contribution in [0.15, 0.2) is 42.5 Å². The zero-order valence-electron chi connectivity index (χ0n) is 11.5. The Balaban J connectivity index is 2.31. The summed E-state index contributed by atoms with van der Waals surface area (Å²) >= 11 is 0. The van der Waals surface area contributed by atoms with Gasteiger partial charge >= 0.3 is 11.7 Å². The van der Waals surface area contributed by atoms with Crippen molar-refractivity contribution in [3.05, 3.63) is 73.8 Å². The molecule has 0 spiro atoms. The van der Waals surface area contributed by atoms with Crippen LogP contribution < -0.4 is 4.74 Å². The summed E-state index contributed by atoms with van der Waals surface area (Å²) < 4.78 is 4.95. The maximum absolute atomic E-state index is 12.0. The Morgan fingerprint density at radius 3 is 2.22 bits per heavy atom. The van der Waals surface area contributed by atoms with Crippen molar-refractivity contribution in [2.24, 2.45) is 0 Å². The van der Waals surface area contributed by atoms with E-state index in [1.165, 1.54) is 24.3 Å². The van der Waals surface area contributed by atoms with Crippen molar-refractivity contribution in [3.8, 4) is 18.1 Å². The van der Waals surface area contributed by atoms with Crippen molar-refractivity contribution < 1.29 is 19.4 Å². The van der Waals surface area contributed by atoms with Gasteiger partial charge in [-0.3, -0.25) is 20.2 Å². The Labute approximate surface area is 129 Å².